The summed E-state index contributed by atoms with van der Waals surface area (Å²) in [5, 5.41) is 13.4. The Hall–Kier alpha value is -1.62. The molecule has 0 saturated carbocycles. The highest BCUT2D eigenvalue weighted by Crippen LogP contribution is 2.32. The summed E-state index contributed by atoms with van der Waals surface area (Å²) in [6, 6.07) is 11.9. The van der Waals surface area contributed by atoms with Crippen LogP contribution in [-0.2, 0) is 4.74 Å². The fourth-order valence-electron chi connectivity index (χ4n) is 2.46. The van der Waals surface area contributed by atoms with Crippen molar-refractivity contribution < 1.29 is 14.2 Å². The number of hydrogen-bond donors (Lipinski definition) is 2. The van der Waals surface area contributed by atoms with E-state index in [2.05, 4.69) is 5.32 Å². The first-order valence-corrected chi connectivity index (χ1v) is 7.48. The molecule has 0 spiro atoms. The second-order valence-corrected chi connectivity index (χ2v) is 6.14. The van der Waals surface area contributed by atoms with E-state index in [9.17, 15) is 9.50 Å². The number of anilines is 1. The number of benzene rings is 2. The Morgan fingerprint density at radius 3 is 2.50 bits per heavy atom. The van der Waals surface area contributed by atoms with E-state index >= 15 is 0 Å². The predicted octanol–water partition coefficient (Wildman–Crippen LogP) is 3.57. The highest BCUT2D eigenvalue weighted by molar-refractivity contribution is 6.30. The van der Waals surface area contributed by atoms with Gasteiger partial charge in [0.2, 0.25) is 0 Å². The molecule has 0 radical (unpaired) electrons. The van der Waals surface area contributed by atoms with Gasteiger partial charge in [0.05, 0.1) is 25.2 Å². The minimum Gasteiger partial charge on any atom is -0.396 e. The number of nitrogens with one attached hydrogen (secondary N) is 1. The molecule has 22 heavy (non-hydrogen) atoms. The summed E-state index contributed by atoms with van der Waals surface area (Å²) in [6.45, 7) is 1.72. The number of ether oxygens (including phenoxy) is 1. The molecule has 116 valence electrons. The van der Waals surface area contributed by atoms with Crippen LogP contribution in [0, 0.1) is 11.2 Å². The lowest BCUT2D eigenvalue weighted by Gasteiger charge is -2.40. The third kappa shape index (κ3) is 3.09. The van der Waals surface area contributed by atoms with Crippen molar-refractivity contribution in [3.05, 3.63) is 53.3 Å². The molecule has 2 N–H and O–H groups in total. The molecule has 3 rings (SSSR count). The molecule has 0 unspecified atom stereocenters. The maximum absolute atomic E-state index is 13.6. The Labute approximate surface area is 133 Å². The number of halogens is 2. The molecule has 1 aliphatic rings. The number of hydrogen-bond acceptors (Lipinski definition) is 3. The van der Waals surface area contributed by atoms with Gasteiger partial charge in [0.1, 0.15) is 5.82 Å². The van der Waals surface area contributed by atoms with Crippen LogP contribution < -0.4 is 5.32 Å². The molecule has 0 atom stereocenters. The van der Waals surface area contributed by atoms with Gasteiger partial charge in [-0.1, -0.05) is 23.7 Å². The van der Waals surface area contributed by atoms with Gasteiger partial charge in [0, 0.05) is 22.8 Å². The first-order chi connectivity index (χ1) is 10.6. The monoisotopic (exact) mass is 321 g/mol. The van der Waals surface area contributed by atoms with Crippen molar-refractivity contribution in [3.63, 3.8) is 0 Å². The second-order valence-electron chi connectivity index (χ2n) is 5.70. The third-order valence-electron chi connectivity index (χ3n) is 3.94. The molecule has 2 aromatic carbocycles. The van der Waals surface area contributed by atoms with Crippen LogP contribution in [0.15, 0.2) is 42.5 Å². The van der Waals surface area contributed by atoms with Crippen LogP contribution in [0.5, 0.6) is 0 Å². The van der Waals surface area contributed by atoms with Gasteiger partial charge < -0.3 is 15.2 Å². The highest BCUT2D eigenvalue weighted by Gasteiger charge is 2.37. The number of aliphatic hydroxyl groups excluding tert-OH is 1. The summed E-state index contributed by atoms with van der Waals surface area (Å²) < 4.78 is 18.8. The lowest BCUT2D eigenvalue weighted by atomic mass is 9.87. The summed E-state index contributed by atoms with van der Waals surface area (Å²) in [7, 11) is 0. The number of rotatable bonds is 5. The van der Waals surface area contributed by atoms with E-state index in [1.165, 1.54) is 12.1 Å². The summed E-state index contributed by atoms with van der Waals surface area (Å²) in [5.74, 6) is -0.292. The van der Waals surface area contributed by atoms with Gasteiger partial charge in [-0.3, -0.25) is 0 Å². The van der Waals surface area contributed by atoms with E-state index in [1.807, 2.05) is 12.1 Å². The average molecular weight is 322 g/mol. The average Bonchev–Trinajstić information content (AvgIpc) is 2.48. The highest BCUT2D eigenvalue weighted by atomic mass is 35.5. The zero-order valence-electron chi connectivity index (χ0n) is 12.0. The van der Waals surface area contributed by atoms with E-state index in [0.29, 0.717) is 24.8 Å². The van der Waals surface area contributed by atoms with Crippen molar-refractivity contribution >= 4 is 17.3 Å². The normalized spacial score (nSPS) is 16.1. The minimum absolute atomic E-state index is 0.0669. The van der Waals surface area contributed by atoms with E-state index in [-0.39, 0.29) is 17.8 Å². The standard InChI is InChI=1S/C17H17ClFNO2/c18-13-3-1-12(2-4-13)15-7-14(19)5-6-16(15)20-8-17(9-21)10-22-11-17/h1-7,20-21H,8-11H2. The van der Waals surface area contributed by atoms with Crippen molar-refractivity contribution in [3.8, 4) is 11.1 Å². The topological polar surface area (TPSA) is 41.5 Å². The van der Waals surface area contributed by atoms with E-state index < -0.39 is 0 Å². The molecule has 3 nitrogen and oxygen atoms in total. The van der Waals surface area contributed by atoms with Crippen molar-refractivity contribution in [1.29, 1.82) is 0 Å². The maximum atomic E-state index is 13.6. The molecular formula is C17H17ClFNO2. The summed E-state index contributed by atoms with van der Waals surface area (Å²) in [5.41, 5.74) is 2.23. The molecule has 1 heterocycles. The summed E-state index contributed by atoms with van der Waals surface area (Å²) in [4.78, 5) is 0. The molecular weight excluding hydrogens is 305 g/mol. The molecule has 5 heteroatoms. The Bertz CT molecular complexity index is 651. The molecule has 0 aromatic heterocycles. The van der Waals surface area contributed by atoms with Crippen LogP contribution in [0.4, 0.5) is 10.1 Å². The van der Waals surface area contributed by atoms with E-state index in [4.69, 9.17) is 16.3 Å². The molecule has 0 amide bonds. The molecule has 0 bridgehead atoms. The lowest BCUT2D eigenvalue weighted by Crippen LogP contribution is -2.50. The SMILES string of the molecule is OCC1(CNc2ccc(F)cc2-c2ccc(Cl)cc2)COC1. The van der Waals surface area contributed by atoms with Crippen molar-refractivity contribution in [2.45, 2.75) is 0 Å². The van der Waals surface area contributed by atoms with Crippen LogP contribution >= 0.6 is 11.6 Å². The fourth-order valence-corrected chi connectivity index (χ4v) is 2.59. The lowest BCUT2D eigenvalue weighted by molar-refractivity contribution is -0.128. The van der Waals surface area contributed by atoms with Gasteiger partial charge in [0.25, 0.3) is 0 Å². The maximum Gasteiger partial charge on any atom is 0.123 e. The zero-order chi connectivity index (χ0) is 15.6. The molecule has 1 fully saturated rings. The minimum atomic E-state index is -0.292. The van der Waals surface area contributed by atoms with Gasteiger partial charge in [-0.25, -0.2) is 4.39 Å². The van der Waals surface area contributed by atoms with Crippen LogP contribution in [0.25, 0.3) is 11.1 Å². The van der Waals surface area contributed by atoms with Crippen molar-refractivity contribution in [2.75, 3.05) is 31.7 Å². The van der Waals surface area contributed by atoms with Gasteiger partial charge in [-0.05, 0) is 35.9 Å². The first kappa shape index (κ1) is 15.3. The Morgan fingerprint density at radius 1 is 1.18 bits per heavy atom. The largest absolute Gasteiger partial charge is 0.396 e. The fraction of sp³-hybridized carbons (Fsp3) is 0.294. The number of aliphatic hydroxyl groups is 1. The molecule has 0 aliphatic carbocycles. The Kier molecular flexibility index (Phi) is 4.34. The quantitative estimate of drug-likeness (QED) is 0.884. The smallest absolute Gasteiger partial charge is 0.123 e. The molecule has 2 aromatic rings. The summed E-state index contributed by atoms with van der Waals surface area (Å²) in [6.07, 6.45) is 0. The Balaban J connectivity index is 1.86. The van der Waals surface area contributed by atoms with E-state index in [1.54, 1.807) is 18.2 Å². The van der Waals surface area contributed by atoms with Gasteiger partial charge >= 0.3 is 0 Å². The van der Waals surface area contributed by atoms with Crippen LogP contribution in [0.1, 0.15) is 0 Å². The van der Waals surface area contributed by atoms with Crippen LogP contribution in [-0.4, -0.2) is 31.5 Å². The van der Waals surface area contributed by atoms with Gasteiger partial charge in [-0.2, -0.15) is 0 Å². The zero-order valence-corrected chi connectivity index (χ0v) is 12.7. The van der Waals surface area contributed by atoms with E-state index in [0.717, 1.165) is 16.8 Å². The van der Waals surface area contributed by atoms with Crippen molar-refractivity contribution in [1.82, 2.24) is 0 Å². The molecule has 1 aliphatic heterocycles. The molecule has 1 saturated heterocycles. The van der Waals surface area contributed by atoms with Crippen molar-refractivity contribution in [2.24, 2.45) is 5.41 Å². The van der Waals surface area contributed by atoms with Gasteiger partial charge in [0.15, 0.2) is 0 Å². The summed E-state index contributed by atoms with van der Waals surface area (Å²) >= 11 is 5.91. The first-order valence-electron chi connectivity index (χ1n) is 7.10. The predicted molar refractivity (Wildman–Crippen MR) is 85.7 cm³/mol. The van der Waals surface area contributed by atoms with Crippen LogP contribution in [0.2, 0.25) is 5.02 Å². The second kappa shape index (κ2) is 6.24. The third-order valence-corrected chi connectivity index (χ3v) is 4.19. The van der Waals surface area contributed by atoms with Crippen LogP contribution in [0.3, 0.4) is 0 Å². The Morgan fingerprint density at radius 2 is 1.91 bits per heavy atom. The van der Waals surface area contributed by atoms with Gasteiger partial charge in [-0.15, -0.1) is 0 Å².